The normalized spacial score (nSPS) is 17.6. The Balaban J connectivity index is 1.37. The second kappa shape index (κ2) is 12.2. The molecule has 41 heavy (non-hydrogen) atoms. The van der Waals surface area contributed by atoms with Crippen LogP contribution in [0.15, 0.2) is 36.1 Å². The number of halogens is 2. The van der Waals surface area contributed by atoms with Gasteiger partial charge in [0, 0.05) is 29.9 Å². The number of aromatic nitrogens is 6. The second-order valence-electron chi connectivity index (χ2n) is 9.23. The average molecular weight is 610 g/mol. The highest BCUT2D eigenvalue weighted by Gasteiger charge is 2.27. The fraction of sp³-hybridized carbons (Fsp3) is 0.375. The molecular formula is C24H26F2N7O6PS. The first kappa shape index (κ1) is 29.1. The van der Waals surface area contributed by atoms with E-state index < -0.39 is 32.2 Å². The third-order valence-electron chi connectivity index (χ3n) is 6.41. The number of phosphoric acid groups is 1. The molecule has 0 spiro atoms. The van der Waals surface area contributed by atoms with Gasteiger partial charge in [0.1, 0.15) is 22.1 Å². The number of rotatable bonds is 10. The van der Waals surface area contributed by atoms with Crippen LogP contribution in [0, 0.1) is 11.8 Å². The summed E-state index contributed by atoms with van der Waals surface area (Å²) < 4.78 is 52.5. The lowest BCUT2D eigenvalue weighted by Crippen LogP contribution is -2.24. The number of carbonyl (C=O) groups is 1. The molecule has 0 aromatic carbocycles. The van der Waals surface area contributed by atoms with Gasteiger partial charge in [0.15, 0.2) is 12.5 Å². The average Bonchev–Trinajstić information content (AvgIpc) is 3.69. The number of hydrogen-bond acceptors (Lipinski definition) is 9. The van der Waals surface area contributed by atoms with Crippen LogP contribution in [0.4, 0.5) is 14.5 Å². The minimum absolute atomic E-state index is 0.0101. The molecule has 218 valence electrons. The van der Waals surface area contributed by atoms with Gasteiger partial charge >= 0.3 is 7.82 Å². The van der Waals surface area contributed by atoms with Crippen LogP contribution in [0.25, 0.3) is 22.0 Å². The zero-order valence-electron chi connectivity index (χ0n) is 21.7. The van der Waals surface area contributed by atoms with Crippen LogP contribution in [-0.2, 0) is 20.6 Å². The Morgan fingerprint density at radius 2 is 1.95 bits per heavy atom. The van der Waals surface area contributed by atoms with Crippen LogP contribution < -0.4 is 5.32 Å². The van der Waals surface area contributed by atoms with Gasteiger partial charge in [0.05, 0.1) is 24.0 Å². The molecule has 5 rings (SSSR count). The number of anilines is 1. The molecule has 13 nitrogen and oxygen atoms in total. The summed E-state index contributed by atoms with van der Waals surface area (Å²) in [4.78, 5) is 38.9. The van der Waals surface area contributed by atoms with E-state index in [0.29, 0.717) is 17.2 Å². The van der Waals surface area contributed by atoms with E-state index in [1.165, 1.54) is 22.5 Å². The van der Waals surface area contributed by atoms with Gasteiger partial charge in [-0.15, -0.1) is 11.3 Å². The Kier molecular flexibility index (Phi) is 8.68. The smallest absolute Gasteiger partial charge is 0.379 e. The van der Waals surface area contributed by atoms with Crippen LogP contribution in [0.3, 0.4) is 0 Å². The van der Waals surface area contributed by atoms with Crippen molar-refractivity contribution in [1.29, 1.82) is 0 Å². The lowest BCUT2D eigenvalue weighted by molar-refractivity contribution is 0.0260. The van der Waals surface area contributed by atoms with E-state index in [9.17, 15) is 18.1 Å². The predicted molar refractivity (Wildman–Crippen MR) is 143 cm³/mol. The lowest BCUT2D eigenvalue weighted by atomic mass is 9.93. The molecule has 1 saturated carbocycles. The molecule has 0 bridgehead atoms. The van der Waals surface area contributed by atoms with Gasteiger partial charge in [-0.25, -0.2) is 23.6 Å². The van der Waals surface area contributed by atoms with Crippen molar-refractivity contribution in [3.63, 3.8) is 0 Å². The van der Waals surface area contributed by atoms with Crippen molar-refractivity contribution < 1.29 is 37.2 Å². The maximum absolute atomic E-state index is 14.7. The number of ether oxygens (including phenoxy) is 1. The molecule has 17 heteroatoms. The first-order valence-electron chi connectivity index (χ1n) is 12.6. The number of hydrogen-bond donors (Lipinski definition) is 3. The van der Waals surface area contributed by atoms with Gasteiger partial charge in [0.2, 0.25) is 5.95 Å². The molecule has 0 saturated heterocycles. The fourth-order valence-electron chi connectivity index (χ4n) is 4.52. The summed E-state index contributed by atoms with van der Waals surface area (Å²) in [5.41, 5.74) is 0.351. The number of thiazole rings is 1. The zero-order valence-corrected chi connectivity index (χ0v) is 23.4. The number of nitrogens with one attached hydrogen (secondary N) is 1. The highest BCUT2D eigenvalue weighted by atomic mass is 32.1. The van der Waals surface area contributed by atoms with Gasteiger partial charge < -0.3 is 19.8 Å². The zero-order chi connectivity index (χ0) is 29.1. The molecule has 3 N–H and O–H groups in total. The van der Waals surface area contributed by atoms with Crippen LogP contribution in [0.1, 0.15) is 49.1 Å². The maximum atomic E-state index is 14.7. The van der Waals surface area contributed by atoms with Crippen LogP contribution in [0.5, 0.6) is 0 Å². The second-order valence-corrected chi connectivity index (χ2v) is 11.3. The summed E-state index contributed by atoms with van der Waals surface area (Å²) in [7, 11) is -4.67. The topological polar surface area (TPSA) is 167 Å². The molecule has 1 fully saturated rings. The lowest BCUT2D eigenvalue weighted by Gasteiger charge is -2.28. The van der Waals surface area contributed by atoms with E-state index >= 15 is 0 Å². The van der Waals surface area contributed by atoms with Gasteiger partial charge in [-0.05, 0) is 44.7 Å². The molecule has 1 aliphatic carbocycles. The highest BCUT2D eigenvalue weighted by Crippen LogP contribution is 2.37. The summed E-state index contributed by atoms with van der Waals surface area (Å²) in [6.07, 6.45) is 7.79. The van der Waals surface area contributed by atoms with Crippen molar-refractivity contribution >= 4 is 30.8 Å². The van der Waals surface area contributed by atoms with E-state index in [2.05, 4.69) is 30.0 Å². The molecule has 1 amide bonds. The maximum Gasteiger partial charge on any atom is 0.471 e. The van der Waals surface area contributed by atoms with Crippen molar-refractivity contribution in [2.75, 3.05) is 11.9 Å². The first-order chi connectivity index (χ1) is 19.6. The summed E-state index contributed by atoms with van der Waals surface area (Å²) in [6, 6.07) is 1.83. The molecule has 0 atom stereocenters. The summed E-state index contributed by atoms with van der Waals surface area (Å²) in [5.74, 6) is -2.29. The van der Waals surface area contributed by atoms with Crippen molar-refractivity contribution in [1.82, 2.24) is 29.5 Å². The summed E-state index contributed by atoms with van der Waals surface area (Å²) in [6.45, 7) is 2.10. The van der Waals surface area contributed by atoms with Crippen LogP contribution >= 0.6 is 19.2 Å². The number of nitrogens with zero attached hydrogens (tertiary/aromatic N) is 6. The largest absolute Gasteiger partial charge is 0.471 e. The van der Waals surface area contributed by atoms with Crippen molar-refractivity contribution in [2.45, 2.75) is 51.5 Å². The Bertz CT molecular complexity index is 1580. The van der Waals surface area contributed by atoms with E-state index in [0.717, 1.165) is 49.2 Å². The Labute approximate surface area is 236 Å². The molecule has 1 aliphatic rings. The standard InChI is InChI=1S/C24H26F2N7O6PS/c1-2-38-16-5-3-15(4-6-16)33-11-18(22(31-33)21-17(25)7-8-20(26)30-21)28-23(34)19-12-41-24(29-19)14-9-27-32(10-14)13-39-40(35,36)37/h7-12,15-16H,2-6,13H2,1H3,(H,28,34)(H2,35,36,37)/t15-,16-. The van der Waals surface area contributed by atoms with Crippen LogP contribution in [0.2, 0.25) is 0 Å². The van der Waals surface area contributed by atoms with E-state index in [1.54, 1.807) is 10.9 Å². The van der Waals surface area contributed by atoms with Gasteiger partial charge in [-0.3, -0.25) is 14.0 Å². The Morgan fingerprint density at radius 1 is 1.17 bits per heavy atom. The third kappa shape index (κ3) is 7.09. The SMILES string of the molecule is CCO[C@H]1CC[C@H](n2cc(NC(=O)c3csc(-c4cnn(COP(=O)(O)O)c4)n3)c(-c3nc(F)ccc3F)n2)CC1. The van der Waals surface area contributed by atoms with Crippen LogP contribution in [-0.4, -0.2) is 57.9 Å². The number of pyridine rings is 1. The number of carbonyl (C=O) groups excluding carboxylic acids is 1. The molecular weight excluding hydrogens is 583 g/mol. The summed E-state index contributed by atoms with van der Waals surface area (Å²) >= 11 is 1.14. The van der Waals surface area contributed by atoms with E-state index in [1.807, 2.05) is 6.92 Å². The Morgan fingerprint density at radius 3 is 2.68 bits per heavy atom. The quantitative estimate of drug-likeness (QED) is 0.173. The first-order valence-corrected chi connectivity index (χ1v) is 15.0. The summed E-state index contributed by atoms with van der Waals surface area (Å²) in [5, 5.41) is 13.1. The molecule has 0 unspecified atom stereocenters. The fourth-order valence-corrected chi connectivity index (χ4v) is 5.56. The molecule has 0 radical (unpaired) electrons. The van der Waals surface area contributed by atoms with Gasteiger partial charge in [-0.2, -0.15) is 14.6 Å². The van der Waals surface area contributed by atoms with E-state index in [4.69, 9.17) is 14.5 Å². The molecule has 4 heterocycles. The van der Waals surface area contributed by atoms with Gasteiger partial charge in [-0.1, -0.05) is 0 Å². The number of phosphoric ester groups is 1. The monoisotopic (exact) mass is 609 g/mol. The van der Waals surface area contributed by atoms with Crippen molar-refractivity contribution in [3.05, 3.63) is 53.6 Å². The number of amides is 1. The predicted octanol–water partition coefficient (Wildman–Crippen LogP) is 4.38. The van der Waals surface area contributed by atoms with Crippen molar-refractivity contribution in [3.8, 4) is 22.0 Å². The minimum Gasteiger partial charge on any atom is -0.379 e. The van der Waals surface area contributed by atoms with E-state index in [-0.39, 0.29) is 34.9 Å². The minimum atomic E-state index is -4.67. The highest BCUT2D eigenvalue weighted by molar-refractivity contribution is 7.46. The van der Waals surface area contributed by atoms with Crippen molar-refractivity contribution in [2.24, 2.45) is 0 Å². The molecule has 4 aromatic heterocycles. The molecule has 0 aliphatic heterocycles. The van der Waals surface area contributed by atoms with Gasteiger partial charge in [0.25, 0.3) is 5.91 Å². The Hall–Kier alpha value is -3.40. The molecule has 4 aromatic rings. The third-order valence-corrected chi connectivity index (χ3v) is 7.76.